The van der Waals surface area contributed by atoms with Crippen LogP contribution in [0.15, 0.2) is 18.2 Å². The zero-order valence-electron chi connectivity index (χ0n) is 12.6. The molecule has 1 saturated carbocycles. The molecule has 1 aliphatic heterocycles. The lowest BCUT2D eigenvalue weighted by Crippen LogP contribution is -2.19. The highest BCUT2D eigenvalue weighted by atomic mass is 14.9. The van der Waals surface area contributed by atoms with Crippen LogP contribution in [0.5, 0.6) is 0 Å². The van der Waals surface area contributed by atoms with Crippen LogP contribution in [0.3, 0.4) is 0 Å². The lowest BCUT2D eigenvalue weighted by Gasteiger charge is -2.11. The maximum Gasteiger partial charge on any atom is 0.0419 e. The molecule has 19 heavy (non-hydrogen) atoms. The highest BCUT2D eigenvalue weighted by Crippen LogP contribution is 2.67. The van der Waals surface area contributed by atoms with Crippen LogP contribution in [0, 0.1) is 16.7 Å². The molecule has 3 rings (SSSR count). The second-order valence-corrected chi connectivity index (χ2v) is 7.25. The number of nitrogens with one attached hydrogen (secondary N) is 2. The lowest BCUT2D eigenvalue weighted by molar-refractivity contribution is 0.457. The fraction of sp³-hybridized carbons (Fsp3) is 0.647. The topological polar surface area (TPSA) is 24.1 Å². The van der Waals surface area contributed by atoms with Crippen LogP contribution in [-0.2, 0) is 13.0 Å². The summed E-state index contributed by atoms with van der Waals surface area (Å²) in [6, 6.07) is 6.67. The second kappa shape index (κ2) is 4.24. The predicted octanol–water partition coefficient (Wildman–Crippen LogP) is 3.43. The standard InChI is InChI=1S/C17H26N2/c1-16(2)14(17(16,3)4)11-18-10-13-7-5-6-12-8-9-19-15(12)13/h5-7,14,18-19H,8-11H2,1-4H3. The van der Waals surface area contributed by atoms with Gasteiger partial charge in [0.2, 0.25) is 0 Å². The molecule has 0 spiro atoms. The molecule has 104 valence electrons. The van der Waals surface area contributed by atoms with Gasteiger partial charge in [0.25, 0.3) is 0 Å². The molecule has 1 heterocycles. The molecular formula is C17H26N2. The average Bonchev–Trinajstić information content (AvgIpc) is 2.75. The molecule has 0 saturated heterocycles. The maximum absolute atomic E-state index is 3.66. The van der Waals surface area contributed by atoms with Gasteiger partial charge in [-0.2, -0.15) is 0 Å². The summed E-state index contributed by atoms with van der Waals surface area (Å²) in [5.74, 6) is 0.796. The summed E-state index contributed by atoms with van der Waals surface area (Å²) < 4.78 is 0. The van der Waals surface area contributed by atoms with E-state index in [1.54, 1.807) is 0 Å². The normalized spacial score (nSPS) is 22.9. The Morgan fingerprint density at radius 1 is 1.21 bits per heavy atom. The highest BCUT2D eigenvalue weighted by molar-refractivity contribution is 5.61. The third kappa shape index (κ3) is 1.97. The molecule has 1 aliphatic carbocycles. The molecule has 0 aromatic heterocycles. The van der Waals surface area contributed by atoms with Crippen molar-refractivity contribution < 1.29 is 0 Å². The zero-order chi connectivity index (χ0) is 13.7. The van der Waals surface area contributed by atoms with Gasteiger partial charge in [-0.15, -0.1) is 0 Å². The second-order valence-electron chi connectivity index (χ2n) is 7.25. The van der Waals surface area contributed by atoms with Gasteiger partial charge in [-0.05, 0) is 40.8 Å². The first kappa shape index (κ1) is 13.0. The molecule has 2 aliphatic rings. The SMILES string of the molecule is CC1(C)C(CNCc2cccc3c2NCC3)C1(C)C. The Morgan fingerprint density at radius 3 is 2.63 bits per heavy atom. The van der Waals surface area contributed by atoms with E-state index in [0.29, 0.717) is 10.8 Å². The van der Waals surface area contributed by atoms with Gasteiger partial charge in [-0.25, -0.2) is 0 Å². The average molecular weight is 258 g/mol. The van der Waals surface area contributed by atoms with E-state index in [2.05, 4.69) is 56.5 Å². The maximum atomic E-state index is 3.66. The largest absolute Gasteiger partial charge is 0.384 e. The third-order valence-corrected chi connectivity index (χ3v) is 5.92. The number of benzene rings is 1. The van der Waals surface area contributed by atoms with Crippen molar-refractivity contribution in [3.05, 3.63) is 29.3 Å². The summed E-state index contributed by atoms with van der Waals surface area (Å²) in [6.07, 6.45) is 1.17. The molecule has 2 heteroatoms. The smallest absolute Gasteiger partial charge is 0.0419 e. The number of fused-ring (bicyclic) bond motifs is 1. The van der Waals surface area contributed by atoms with E-state index in [-0.39, 0.29) is 0 Å². The molecule has 0 bridgehead atoms. The zero-order valence-corrected chi connectivity index (χ0v) is 12.6. The van der Waals surface area contributed by atoms with Gasteiger partial charge < -0.3 is 10.6 Å². The van der Waals surface area contributed by atoms with E-state index < -0.39 is 0 Å². The molecule has 0 atom stereocenters. The van der Waals surface area contributed by atoms with E-state index in [1.165, 1.54) is 23.2 Å². The van der Waals surface area contributed by atoms with E-state index in [4.69, 9.17) is 0 Å². The van der Waals surface area contributed by atoms with E-state index in [1.807, 2.05) is 0 Å². The Hall–Kier alpha value is -1.02. The Morgan fingerprint density at radius 2 is 1.95 bits per heavy atom. The van der Waals surface area contributed by atoms with Gasteiger partial charge in [-0.3, -0.25) is 0 Å². The first-order valence-electron chi connectivity index (χ1n) is 7.50. The van der Waals surface area contributed by atoms with Gasteiger partial charge >= 0.3 is 0 Å². The van der Waals surface area contributed by atoms with Gasteiger partial charge in [0.1, 0.15) is 0 Å². The lowest BCUT2D eigenvalue weighted by atomic mass is 10.0. The Bertz CT molecular complexity index is 474. The number of para-hydroxylation sites is 1. The molecule has 0 unspecified atom stereocenters. The van der Waals surface area contributed by atoms with Crippen LogP contribution in [0.25, 0.3) is 0 Å². The summed E-state index contributed by atoms with van der Waals surface area (Å²) >= 11 is 0. The van der Waals surface area contributed by atoms with Crippen molar-refractivity contribution in [2.45, 2.75) is 40.7 Å². The van der Waals surface area contributed by atoms with Crippen molar-refractivity contribution in [1.82, 2.24) is 5.32 Å². The minimum absolute atomic E-state index is 0.483. The Kier molecular flexibility index (Phi) is 2.90. The monoisotopic (exact) mass is 258 g/mol. The number of anilines is 1. The van der Waals surface area contributed by atoms with Gasteiger partial charge in [0.15, 0.2) is 0 Å². The van der Waals surface area contributed by atoms with Crippen molar-refractivity contribution in [3.63, 3.8) is 0 Å². The molecule has 1 aromatic carbocycles. The molecule has 1 fully saturated rings. The van der Waals surface area contributed by atoms with Gasteiger partial charge in [-0.1, -0.05) is 45.9 Å². The molecule has 0 amide bonds. The molecule has 1 aromatic rings. The van der Waals surface area contributed by atoms with Crippen LogP contribution >= 0.6 is 0 Å². The Labute approximate surface area is 117 Å². The summed E-state index contributed by atoms with van der Waals surface area (Å²) in [5, 5.41) is 7.18. The van der Waals surface area contributed by atoms with Crippen molar-refractivity contribution in [2.24, 2.45) is 16.7 Å². The van der Waals surface area contributed by atoms with Crippen LogP contribution < -0.4 is 10.6 Å². The summed E-state index contributed by atoms with van der Waals surface area (Å²) in [5.41, 5.74) is 5.25. The first-order valence-corrected chi connectivity index (χ1v) is 7.50. The first-order chi connectivity index (χ1) is 8.94. The summed E-state index contributed by atoms with van der Waals surface area (Å²) in [7, 11) is 0. The third-order valence-electron chi connectivity index (χ3n) is 5.92. The fourth-order valence-corrected chi connectivity index (χ4v) is 3.75. The van der Waals surface area contributed by atoms with Crippen LogP contribution in [0.2, 0.25) is 0 Å². The minimum Gasteiger partial charge on any atom is -0.384 e. The number of hydrogen-bond donors (Lipinski definition) is 2. The van der Waals surface area contributed by atoms with Crippen LogP contribution in [-0.4, -0.2) is 13.1 Å². The van der Waals surface area contributed by atoms with Crippen molar-refractivity contribution in [2.75, 3.05) is 18.4 Å². The van der Waals surface area contributed by atoms with Gasteiger partial charge in [0, 0.05) is 18.8 Å². The van der Waals surface area contributed by atoms with Crippen LogP contribution in [0.1, 0.15) is 38.8 Å². The number of rotatable bonds is 4. The molecule has 0 radical (unpaired) electrons. The van der Waals surface area contributed by atoms with E-state index >= 15 is 0 Å². The molecular weight excluding hydrogens is 232 g/mol. The fourth-order valence-electron chi connectivity index (χ4n) is 3.75. The van der Waals surface area contributed by atoms with E-state index in [9.17, 15) is 0 Å². The van der Waals surface area contributed by atoms with Crippen molar-refractivity contribution >= 4 is 5.69 Å². The van der Waals surface area contributed by atoms with Gasteiger partial charge in [0.05, 0.1) is 0 Å². The van der Waals surface area contributed by atoms with Crippen molar-refractivity contribution in [3.8, 4) is 0 Å². The van der Waals surface area contributed by atoms with E-state index in [0.717, 1.165) is 25.6 Å². The quantitative estimate of drug-likeness (QED) is 0.864. The van der Waals surface area contributed by atoms with Crippen LogP contribution in [0.4, 0.5) is 5.69 Å². The molecule has 2 N–H and O–H groups in total. The summed E-state index contributed by atoms with van der Waals surface area (Å²) in [4.78, 5) is 0. The summed E-state index contributed by atoms with van der Waals surface area (Å²) in [6.45, 7) is 12.8. The number of hydrogen-bond acceptors (Lipinski definition) is 2. The molecule has 2 nitrogen and oxygen atoms in total. The minimum atomic E-state index is 0.483. The van der Waals surface area contributed by atoms with Crippen molar-refractivity contribution in [1.29, 1.82) is 0 Å². The predicted molar refractivity (Wildman–Crippen MR) is 81.4 cm³/mol. The highest BCUT2D eigenvalue weighted by Gasteiger charge is 2.63. The Balaban J connectivity index is 1.59.